The topological polar surface area (TPSA) is 68.0 Å². The van der Waals surface area contributed by atoms with Crippen LogP contribution in [0.5, 0.6) is 0 Å². The third kappa shape index (κ3) is 5.92. The van der Waals surface area contributed by atoms with E-state index in [1.165, 1.54) is 0 Å². The van der Waals surface area contributed by atoms with Crippen molar-refractivity contribution >= 4 is 6.29 Å². The molecule has 0 amide bonds. The Morgan fingerprint density at radius 3 is 2.58 bits per heavy atom. The van der Waals surface area contributed by atoms with Crippen LogP contribution in [0.4, 0.5) is 0 Å². The molecule has 2 rings (SSSR count). The van der Waals surface area contributed by atoms with Gasteiger partial charge in [-0.15, -0.1) is 0 Å². The van der Waals surface area contributed by atoms with Crippen LogP contribution in [-0.4, -0.2) is 30.5 Å². The Labute approximate surface area is 113 Å². The van der Waals surface area contributed by atoms with Crippen LogP contribution in [0.25, 0.3) is 0 Å². The summed E-state index contributed by atoms with van der Waals surface area (Å²) < 4.78 is 5.02. The lowest BCUT2D eigenvalue weighted by Crippen LogP contribution is -1.91. The van der Waals surface area contributed by atoms with E-state index in [0.29, 0.717) is 31.0 Å². The maximum absolute atomic E-state index is 10.2. The molecule has 0 aliphatic carbocycles. The van der Waals surface area contributed by atoms with E-state index in [2.05, 4.69) is 15.5 Å². The van der Waals surface area contributed by atoms with Gasteiger partial charge in [0.15, 0.2) is 5.82 Å². The van der Waals surface area contributed by atoms with Gasteiger partial charge in [0.05, 0.1) is 0 Å². The smallest absolute Gasteiger partial charge is 0.227 e. The zero-order valence-electron chi connectivity index (χ0n) is 11.3. The van der Waals surface area contributed by atoms with Crippen molar-refractivity contribution < 1.29 is 9.32 Å². The Balaban J connectivity index is 0.000000550. The van der Waals surface area contributed by atoms with E-state index in [0.717, 1.165) is 11.8 Å². The lowest BCUT2D eigenvalue weighted by atomic mass is 10.1. The summed E-state index contributed by atoms with van der Waals surface area (Å²) >= 11 is 0. The molecule has 19 heavy (non-hydrogen) atoms. The lowest BCUT2D eigenvalue weighted by molar-refractivity contribution is -0.107. The van der Waals surface area contributed by atoms with Gasteiger partial charge in [-0.2, -0.15) is 4.98 Å². The first-order valence-electron chi connectivity index (χ1n) is 6.17. The first-order chi connectivity index (χ1) is 9.30. The van der Waals surface area contributed by atoms with Crippen molar-refractivity contribution in [1.29, 1.82) is 0 Å². The molecule has 0 atom stereocenters. The van der Waals surface area contributed by atoms with Crippen LogP contribution >= 0.6 is 0 Å². The number of nitrogens with zero attached hydrogens (tertiary/aromatic N) is 2. The summed E-state index contributed by atoms with van der Waals surface area (Å²) in [6.45, 7) is 0. The van der Waals surface area contributed by atoms with Crippen LogP contribution in [0.15, 0.2) is 34.9 Å². The van der Waals surface area contributed by atoms with Gasteiger partial charge in [-0.1, -0.05) is 35.5 Å². The SMILES string of the molecule is CNC.O=CCCc1nc(Cc2ccccc2)no1. The molecule has 0 saturated heterocycles. The number of aldehydes is 1. The van der Waals surface area contributed by atoms with Gasteiger partial charge < -0.3 is 14.6 Å². The normalized spacial score (nSPS) is 9.58. The highest BCUT2D eigenvalue weighted by molar-refractivity contribution is 5.49. The van der Waals surface area contributed by atoms with Gasteiger partial charge in [0.25, 0.3) is 0 Å². The van der Waals surface area contributed by atoms with Crippen LogP contribution in [-0.2, 0) is 17.6 Å². The van der Waals surface area contributed by atoms with Crippen molar-refractivity contribution in [2.45, 2.75) is 19.3 Å². The Bertz CT molecular complexity index is 469. The summed E-state index contributed by atoms with van der Waals surface area (Å²) in [6.07, 6.45) is 2.45. The summed E-state index contributed by atoms with van der Waals surface area (Å²) in [4.78, 5) is 14.4. The van der Waals surface area contributed by atoms with Gasteiger partial charge >= 0.3 is 0 Å². The molecule has 0 saturated carbocycles. The zero-order chi connectivity index (χ0) is 13.9. The lowest BCUT2D eigenvalue weighted by Gasteiger charge is -1.93. The summed E-state index contributed by atoms with van der Waals surface area (Å²) in [5, 5.41) is 6.61. The first-order valence-corrected chi connectivity index (χ1v) is 6.17. The van der Waals surface area contributed by atoms with Crippen molar-refractivity contribution in [3.05, 3.63) is 47.6 Å². The molecule has 5 nitrogen and oxygen atoms in total. The minimum atomic E-state index is 0.424. The fourth-order valence-corrected chi connectivity index (χ4v) is 1.42. The van der Waals surface area contributed by atoms with E-state index in [1.54, 1.807) is 0 Å². The van der Waals surface area contributed by atoms with Crippen LogP contribution in [0.3, 0.4) is 0 Å². The van der Waals surface area contributed by atoms with Gasteiger partial charge in [0.1, 0.15) is 6.29 Å². The Morgan fingerprint density at radius 1 is 1.26 bits per heavy atom. The van der Waals surface area contributed by atoms with E-state index >= 15 is 0 Å². The number of carbonyl (C=O) groups excluding carboxylic acids is 1. The summed E-state index contributed by atoms with van der Waals surface area (Å²) in [6, 6.07) is 9.95. The number of hydrogen-bond acceptors (Lipinski definition) is 5. The molecule has 0 aliphatic rings. The van der Waals surface area contributed by atoms with Crippen molar-refractivity contribution in [3.8, 4) is 0 Å². The number of rotatable bonds is 5. The predicted octanol–water partition coefficient (Wildman–Crippen LogP) is 1.63. The second-order valence-electron chi connectivity index (χ2n) is 3.97. The fourth-order valence-electron chi connectivity index (χ4n) is 1.42. The highest BCUT2D eigenvalue weighted by Gasteiger charge is 2.06. The maximum atomic E-state index is 10.2. The summed E-state index contributed by atoms with van der Waals surface area (Å²) in [7, 11) is 3.75. The van der Waals surface area contributed by atoms with Gasteiger partial charge in [-0.3, -0.25) is 0 Å². The average Bonchev–Trinajstić information content (AvgIpc) is 2.86. The molecule has 102 valence electrons. The van der Waals surface area contributed by atoms with Gasteiger partial charge in [-0.05, 0) is 19.7 Å². The second-order valence-corrected chi connectivity index (χ2v) is 3.97. The zero-order valence-corrected chi connectivity index (χ0v) is 11.3. The van der Waals surface area contributed by atoms with Crippen molar-refractivity contribution in [3.63, 3.8) is 0 Å². The molecule has 0 fully saturated rings. The quantitative estimate of drug-likeness (QED) is 0.828. The average molecular weight is 261 g/mol. The highest BCUT2D eigenvalue weighted by Crippen LogP contribution is 2.07. The predicted molar refractivity (Wildman–Crippen MR) is 72.9 cm³/mol. The van der Waals surface area contributed by atoms with Gasteiger partial charge in [0.2, 0.25) is 5.89 Å². The van der Waals surface area contributed by atoms with Crippen LogP contribution in [0.1, 0.15) is 23.7 Å². The van der Waals surface area contributed by atoms with E-state index in [9.17, 15) is 4.79 Å². The molecule has 1 aromatic carbocycles. The minimum Gasteiger partial charge on any atom is -0.339 e. The highest BCUT2D eigenvalue weighted by atomic mass is 16.5. The molecular weight excluding hydrogens is 242 g/mol. The standard InChI is InChI=1S/C12H12N2O2.C2H7N/c15-8-4-7-12-13-11(14-16-12)9-10-5-2-1-3-6-10;1-3-2/h1-3,5-6,8H,4,7,9H2;3H,1-2H3. The molecule has 0 unspecified atom stereocenters. The molecule has 1 N–H and O–H groups in total. The Morgan fingerprint density at radius 2 is 1.95 bits per heavy atom. The summed E-state index contributed by atoms with van der Waals surface area (Å²) in [5.74, 6) is 1.19. The Kier molecular flexibility index (Phi) is 7.12. The van der Waals surface area contributed by atoms with E-state index in [4.69, 9.17) is 4.52 Å². The van der Waals surface area contributed by atoms with Crippen LogP contribution in [0.2, 0.25) is 0 Å². The van der Waals surface area contributed by atoms with Crippen molar-refractivity contribution in [2.24, 2.45) is 0 Å². The van der Waals surface area contributed by atoms with E-state index in [1.807, 2.05) is 44.4 Å². The summed E-state index contributed by atoms with van der Waals surface area (Å²) in [5.41, 5.74) is 1.14. The van der Waals surface area contributed by atoms with Gasteiger partial charge in [0, 0.05) is 19.3 Å². The van der Waals surface area contributed by atoms with Crippen LogP contribution < -0.4 is 5.32 Å². The maximum Gasteiger partial charge on any atom is 0.227 e. The molecular formula is C14H19N3O2. The fraction of sp³-hybridized carbons (Fsp3) is 0.357. The minimum absolute atomic E-state index is 0.424. The monoisotopic (exact) mass is 261 g/mol. The molecule has 0 spiro atoms. The number of benzene rings is 1. The first kappa shape index (κ1) is 15.0. The van der Waals surface area contributed by atoms with Gasteiger partial charge in [-0.25, -0.2) is 0 Å². The molecule has 0 radical (unpaired) electrons. The molecule has 0 aliphatic heterocycles. The molecule has 5 heteroatoms. The van der Waals surface area contributed by atoms with Crippen molar-refractivity contribution in [2.75, 3.05) is 14.1 Å². The second kappa shape index (κ2) is 8.99. The largest absolute Gasteiger partial charge is 0.339 e. The molecule has 0 bridgehead atoms. The Hall–Kier alpha value is -2.01. The number of nitrogens with one attached hydrogen (secondary N) is 1. The number of aromatic nitrogens is 2. The van der Waals surface area contributed by atoms with E-state index in [-0.39, 0.29) is 0 Å². The molecule has 2 aromatic rings. The van der Waals surface area contributed by atoms with E-state index < -0.39 is 0 Å². The molecule has 1 heterocycles. The number of aryl methyl sites for hydroxylation is 1. The van der Waals surface area contributed by atoms with Crippen molar-refractivity contribution in [1.82, 2.24) is 15.5 Å². The third-order valence-corrected chi connectivity index (χ3v) is 2.19. The third-order valence-electron chi connectivity index (χ3n) is 2.19. The number of hydrogen-bond donors (Lipinski definition) is 1. The van der Waals surface area contributed by atoms with Crippen LogP contribution in [0, 0.1) is 0 Å². The number of carbonyl (C=O) groups is 1. The molecule has 1 aromatic heterocycles.